The minimum absolute atomic E-state index is 0.245. The van der Waals surface area contributed by atoms with Gasteiger partial charge in [0.15, 0.2) is 12.1 Å². The molecule has 2 heterocycles. The van der Waals surface area contributed by atoms with Gasteiger partial charge in [-0.25, -0.2) is 4.98 Å². The van der Waals surface area contributed by atoms with E-state index in [1.54, 1.807) is 0 Å². The summed E-state index contributed by atoms with van der Waals surface area (Å²) in [5, 5.41) is 0.645. The van der Waals surface area contributed by atoms with Crippen LogP contribution < -0.4 is 0 Å². The van der Waals surface area contributed by atoms with Crippen LogP contribution in [0.1, 0.15) is 36.8 Å². The average molecular weight is 345 g/mol. The average Bonchev–Trinajstić information content (AvgIpc) is 2.92. The third-order valence-electron chi connectivity index (χ3n) is 3.23. The Kier molecular flexibility index (Phi) is 5.08. The zero-order valence-corrected chi connectivity index (χ0v) is 13.5. The van der Waals surface area contributed by atoms with Crippen molar-refractivity contribution in [2.24, 2.45) is 0 Å². The van der Waals surface area contributed by atoms with Gasteiger partial charge in [-0.1, -0.05) is 23.7 Å². The van der Waals surface area contributed by atoms with Crippen LogP contribution in [0.3, 0.4) is 0 Å². The fourth-order valence-corrected chi connectivity index (χ4v) is 3.08. The Balaban J connectivity index is 1.86. The first-order chi connectivity index (χ1) is 10.2. The van der Waals surface area contributed by atoms with Crippen molar-refractivity contribution in [1.82, 2.24) is 9.36 Å². The summed E-state index contributed by atoms with van der Waals surface area (Å²) in [6.45, 7) is 0.720. The summed E-state index contributed by atoms with van der Waals surface area (Å²) in [5.41, 5.74) is 0.895. The predicted molar refractivity (Wildman–Crippen MR) is 82.9 cm³/mol. The molecule has 0 N–H and O–H groups in total. The molecule has 2 atom stereocenters. The van der Waals surface area contributed by atoms with Crippen LogP contribution >= 0.6 is 34.7 Å². The first kappa shape index (κ1) is 15.2. The lowest BCUT2D eigenvalue weighted by molar-refractivity contribution is -0.182. The first-order valence-corrected chi connectivity index (χ1v) is 8.27. The van der Waals surface area contributed by atoms with Crippen LogP contribution in [0.2, 0.25) is 9.49 Å². The van der Waals surface area contributed by atoms with Crippen molar-refractivity contribution in [1.29, 1.82) is 0 Å². The number of rotatable bonds is 4. The van der Waals surface area contributed by atoms with E-state index in [9.17, 15) is 0 Å². The summed E-state index contributed by atoms with van der Waals surface area (Å²) in [6.07, 6.45) is 2.37. The highest BCUT2D eigenvalue weighted by Gasteiger charge is 2.26. The normalized spacial score (nSPS) is 20.4. The fourth-order valence-electron chi connectivity index (χ4n) is 2.25. The Bertz CT molecular complexity index is 602. The molecule has 1 fully saturated rings. The van der Waals surface area contributed by atoms with Crippen molar-refractivity contribution in [2.45, 2.75) is 31.7 Å². The Morgan fingerprint density at radius 1 is 1.33 bits per heavy atom. The van der Waals surface area contributed by atoms with Crippen LogP contribution in [-0.4, -0.2) is 22.3 Å². The Labute approximate surface area is 137 Å². The highest BCUT2D eigenvalue weighted by Crippen LogP contribution is 2.31. The van der Waals surface area contributed by atoms with E-state index in [4.69, 9.17) is 32.7 Å². The molecule has 7 heteroatoms. The number of aromatic nitrogens is 2. The lowest BCUT2D eigenvalue weighted by Crippen LogP contribution is -2.25. The summed E-state index contributed by atoms with van der Waals surface area (Å²) in [4.78, 5) is 4.23. The highest BCUT2D eigenvalue weighted by molar-refractivity contribution is 7.10. The van der Waals surface area contributed by atoms with Gasteiger partial charge in [0.25, 0.3) is 0 Å². The smallest absolute Gasteiger partial charge is 0.203 e. The number of hydrogen-bond acceptors (Lipinski definition) is 5. The minimum atomic E-state index is -0.421. The van der Waals surface area contributed by atoms with E-state index in [0.29, 0.717) is 15.3 Å². The maximum atomic E-state index is 6.07. The van der Waals surface area contributed by atoms with E-state index >= 15 is 0 Å². The van der Waals surface area contributed by atoms with Crippen molar-refractivity contribution >= 4 is 34.7 Å². The van der Waals surface area contributed by atoms with Crippen molar-refractivity contribution in [3.8, 4) is 0 Å². The Morgan fingerprint density at radius 3 is 2.90 bits per heavy atom. The van der Waals surface area contributed by atoms with Gasteiger partial charge in [0.1, 0.15) is 6.10 Å². The highest BCUT2D eigenvalue weighted by atomic mass is 35.5. The topological polar surface area (TPSA) is 44.2 Å². The molecular formula is C14H14Cl2N2O2S. The van der Waals surface area contributed by atoms with E-state index in [1.807, 2.05) is 24.3 Å². The number of benzene rings is 1. The van der Waals surface area contributed by atoms with Crippen LogP contribution in [0, 0.1) is 0 Å². The molecule has 1 aliphatic heterocycles. The second kappa shape index (κ2) is 7.03. The first-order valence-electron chi connectivity index (χ1n) is 6.74. The second-order valence-electron chi connectivity index (χ2n) is 4.77. The van der Waals surface area contributed by atoms with Gasteiger partial charge in [-0.3, -0.25) is 0 Å². The zero-order chi connectivity index (χ0) is 14.7. The van der Waals surface area contributed by atoms with Gasteiger partial charge in [0.05, 0.1) is 0 Å². The quantitative estimate of drug-likeness (QED) is 0.820. The van der Waals surface area contributed by atoms with Crippen LogP contribution in [0.5, 0.6) is 0 Å². The molecule has 0 bridgehead atoms. The van der Waals surface area contributed by atoms with E-state index in [-0.39, 0.29) is 6.29 Å². The van der Waals surface area contributed by atoms with Gasteiger partial charge in [-0.15, -0.1) is 0 Å². The number of halogens is 2. The van der Waals surface area contributed by atoms with Crippen LogP contribution in [0.25, 0.3) is 0 Å². The monoisotopic (exact) mass is 344 g/mol. The van der Waals surface area contributed by atoms with Gasteiger partial charge in [-0.05, 0) is 60.1 Å². The third kappa shape index (κ3) is 3.93. The van der Waals surface area contributed by atoms with Crippen LogP contribution in [0.15, 0.2) is 24.3 Å². The summed E-state index contributed by atoms with van der Waals surface area (Å²) < 4.78 is 16.4. The van der Waals surface area contributed by atoms with Crippen LogP contribution in [0.4, 0.5) is 0 Å². The Morgan fingerprint density at radius 2 is 2.24 bits per heavy atom. The number of ether oxygens (including phenoxy) is 2. The molecule has 0 saturated carbocycles. The lowest BCUT2D eigenvalue weighted by Gasteiger charge is -2.26. The summed E-state index contributed by atoms with van der Waals surface area (Å²) in [7, 11) is 0. The van der Waals surface area contributed by atoms with Crippen molar-refractivity contribution < 1.29 is 9.47 Å². The molecular weight excluding hydrogens is 331 g/mol. The maximum Gasteiger partial charge on any atom is 0.203 e. The van der Waals surface area contributed by atoms with Crippen LogP contribution in [-0.2, 0) is 9.47 Å². The van der Waals surface area contributed by atoms with Gasteiger partial charge < -0.3 is 9.47 Å². The summed E-state index contributed by atoms with van der Waals surface area (Å²) in [6, 6.07) is 7.49. The van der Waals surface area contributed by atoms with Crippen molar-refractivity contribution in [3.05, 3.63) is 45.1 Å². The van der Waals surface area contributed by atoms with Crippen molar-refractivity contribution in [2.75, 3.05) is 6.61 Å². The third-order valence-corrected chi connectivity index (χ3v) is 4.28. The fraction of sp³-hybridized carbons (Fsp3) is 0.429. The molecule has 112 valence electrons. The van der Waals surface area contributed by atoms with Gasteiger partial charge in [-0.2, -0.15) is 4.37 Å². The molecule has 1 saturated heterocycles. The Hall–Kier alpha value is -0.720. The largest absolute Gasteiger partial charge is 0.353 e. The van der Waals surface area contributed by atoms with Crippen molar-refractivity contribution in [3.63, 3.8) is 0 Å². The van der Waals surface area contributed by atoms with E-state index < -0.39 is 6.10 Å². The molecule has 21 heavy (non-hydrogen) atoms. The zero-order valence-electron chi connectivity index (χ0n) is 11.2. The minimum Gasteiger partial charge on any atom is -0.353 e. The molecule has 0 spiro atoms. The van der Waals surface area contributed by atoms with E-state index in [2.05, 4.69) is 9.36 Å². The van der Waals surface area contributed by atoms with Gasteiger partial charge >= 0.3 is 0 Å². The molecule has 2 aromatic rings. The molecule has 0 amide bonds. The summed E-state index contributed by atoms with van der Waals surface area (Å²) in [5.74, 6) is 0.543. The molecule has 1 aromatic heterocycles. The molecule has 1 aliphatic rings. The standard InChI is InChI=1S/C14H14Cl2N2O2S/c15-10-5-3-4-9(8-10)12(13-17-14(16)21-18-13)20-11-6-1-2-7-19-11/h3-5,8,11-12H,1-2,6-7H2. The van der Waals surface area contributed by atoms with E-state index in [1.165, 1.54) is 0 Å². The summed E-state index contributed by atoms with van der Waals surface area (Å²) >= 11 is 13.1. The van der Waals surface area contributed by atoms with Gasteiger partial charge in [0, 0.05) is 11.6 Å². The molecule has 1 aromatic carbocycles. The molecule has 4 nitrogen and oxygen atoms in total. The second-order valence-corrected chi connectivity index (χ2v) is 6.54. The SMILES string of the molecule is Clc1cccc(C(OC2CCCCO2)c2nsc(Cl)n2)c1. The van der Waals surface area contributed by atoms with E-state index in [0.717, 1.165) is 43.0 Å². The molecule has 2 unspecified atom stereocenters. The van der Waals surface area contributed by atoms with Gasteiger partial charge in [0.2, 0.25) is 4.47 Å². The number of nitrogens with zero attached hydrogens (tertiary/aromatic N) is 2. The molecule has 3 rings (SSSR count). The lowest BCUT2D eigenvalue weighted by atomic mass is 10.1. The molecule has 0 radical (unpaired) electrons. The molecule has 0 aliphatic carbocycles. The number of hydrogen-bond donors (Lipinski definition) is 0. The maximum absolute atomic E-state index is 6.07. The predicted octanol–water partition coefficient (Wildman–Crippen LogP) is 4.48.